The molecule has 1 amide bonds. The molecule has 0 spiro atoms. The Balaban J connectivity index is 1.65. The molecule has 1 N–H and O–H groups in total. The zero-order chi connectivity index (χ0) is 18.5. The number of carbonyl (C=O) groups excluding carboxylic acids is 1. The first-order valence-electron chi connectivity index (χ1n) is 7.63. The minimum atomic E-state index is -2.93. The van der Waals surface area contributed by atoms with Gasteiger partial charge in [-0.05, 0) is 42.5 Å². The van der Waals surface area contributed by atoms with Crippen molar-refractivity contribution in [1.29, 1.82) is 0 Å². The van der Waals surface area contributed by atoms with Gasteiger partial charge in [0.2, 0.25) is 0 Å². The number of nitrogens with zero attached hydrogens (tertiary/aromatic N) is 2. The lowest BCUT2D eigenvalue weighted by Gasteiger charge is -2.08. The van der Waals surface area contributed by atoms with Gasteiger partial charge in [-0.3, -0.25) is 4.79 Å². The molecule has 1 heterocycles. The Morgan fingerprint density at radius 3 is 2.65 bits per heavy atom. The molecule has 0 atom stereocenters. The number of nitrogens with one attached hydrogen (secondary N) is 1. The van der Waals surface area contributed by atoms with Gasteiger partial charge in [0.15, 0.2) is 5.16 Å². The lowest BCUT2D eigenvalue weighted by atomic mass is 10.2. The fourth-order valence-electron chi connectivity index (χ4n) is 2.18. The second kappa shape index (κ2) is 8.01. The van der Waals surface area contributed by atoms with Crippen molar-refractivity contribution in [3.05, 3.63) is 66.5 Å². The number of ether oxygens (including phenoxy) is 1. The summed E-state index contributed by atoms with van der Waals surface area (Å²) in [7, 11) is 1.91. The maximum absolute atomic E-state index is 12.3. The van der Waals surface area contributed by atoms with Crippen LogP contribution >= 0.6 is 11.8 Å². The zero-order valence-electron chi connectivity index (χ0n) is 13.7. The topological polar surface area (TPSA) is 56.2 Å². The normalized spacial score (nSPS) is 10.8. The van der Waals surface area contributed by atoms with Crippen molar-refractivity contribution >= 4 is 23.4 Å². The fraction of sp³-hybridized carbons (Fsp3) is 0.111. The van der Waals surface area contributed by atoms with Gasteiger partial charge >= 0.3 is 6.61 Å². The first kappa shape index (κ1) is 17.9. The molecule has 0 aliphatic heterocycles. The van der Waals surface area contributed by atoms with E-state index in [9.17, 15) is 13.6 Å². The molecular weight excluding hydrogens is 360 g/mol. The van der Waals surface area contributed by atoms with E-state index in [0.717, 1.165) is 10.1 Å². The molecule has 0 radical (unpaired) electrons. The first-order chi connectivity index (χ1) is 12.5. The Bertz CT molecular complexity index is 897. The molecule has 134 valence electrons. The Morgan fingerprint density at radius 2 is 2.00 bits per heavy atom. The third-order valence-electron chi connectivity index (χ3n) is 3.42. The van der Waals surface area contributed by atoms with E-state index in [1.54, 1.807) is 18.3 Å². The van der Waals surface area contributed by atoms with E-state index >= 15 is 0 Å². The molecule has 0 aliphatic carbocycles. The third-order valence-corrected chi connectivity index (χ3v) is 4.50. The van der Waals surface area contributed by atoms with Crippen molar-refractivity contribution in [3.63, 3.8) is 0 Å². The van der Waals surface area contributed by atoms with Crippen LogP contribution in [-0.4, -0.2) is 22.1 Å². The summed E-state index contributed by atoms with van der Waals surface area (Å²) >= 11 is 1.50. The average Bonchev–Trinajstić information content (AvgIpc) is 3.01. The predicted octanol–water partition coefficient (Wildman–Crippen LogP) is 4.43. The summed E-state index contributed by atoms with van der Waals surface area (Å²) < 4.78 is 30.8. The number of aromatic nitrogens is 2. The number of hydrogen-bond donors (Lipinski definition) is 1. The summed E-state index contributed by atoms with van der Waals surface area (Å²) in [5.74, 6) is -0.469. The molecule has 5 nitrogen and oxygen atoms in total. The molecule has 0 unspecified atom stereocenters. The largest absolute Gasteiger partial charge is 0.435 e. The predicted molar refractivity (Wildman–Crippen MR) is 94.8 cm³/mol. The lowest BCUT2D eigenvalue weighted by molar-refractivity contribution is -0.0498. The van der Waals surface area contributed by atoms with Crippen LogP contribution in [0.4, 0.5) is 14.5 Å². The fourth-order valence-corrected chi connectivity index (χ4v) is 2.98. The molecule has 1 aromatic heterocycles. The van der Waals surface area contributed by atoms with Crippen LogP contribution in [0.25, 0.3) is 0 Å². The summed E-state index contributed by atoms with van der Waals surface area (Å²) in [4.78, 5) is 17.5. The van der Waals surface area contributed by atoms with Gasteiger partial charge in [0, 0.05) is 35.6 Å². The highest BCUT2D eigenvalue weighted by molar-refractivity contribution is 7.99. The van der Waals surface area contributed by atoms with Crippen LogP contribution in [0.3, 0.4) is 0 Å². The monoisotopic (exact) mass is 375 g/mol. The van der Waals surface area contributed by atoms with Crippen LogP contribution in [-0.2, 0) is 7.05 Å². The van der Waals surface area contributed by atoms with Crippen LogP contribution in [0.1, 0.15) is 10.4 Å². The van der Waals surface area contributed by atoms with E-state index in [1.165, 1.54) is 36.0 Å². The molecule has 0 fully saturated rings. The number of amides is 1. The number of anilines is 1. The van der Waals surface area contributed by atoms with Gasteiger partial charge in [0.05, 0.1) is 0 Å². The zero-order valence-corrected chi connectivity index (χ0v) is 14.5. The van der Waals surface area contributed by atoms with Crippen molar-refractivity contribution in [3.8, 4) is 5.75 Å². The van der Waals surface area contributed by atoms with Crippen LogP contribution in [0.15, 0.2) is 71.0 Å². The van der Waals surface area contributed by atoms with Crippen molar-refractivity contribution < 1.29 is 18.3 Å². The summed E-state index contributed by atoms with van der Waals surface area (Å²) in [6, 6.07) is 12.9. The molecule has 3 aromatic rings. The minimum absolute atomic E-state index is 0.0607. The molecule has 0 aliphatic rings. The van der Waals surface area contributed by atoms with Crippen LogP contribution in [0, 0.1) is 0 Å². The number of alkyl halides is 2. The SMILES string of the molecule is Cn1ccnc1Sc1ccc(NC(=O)c2cccc(OC(F)F)c2)cc1. The Morgan fingerprint density at radius 1 is 1.23 bits per heavy atom. The molecule has 0 saturated carbocycles. The molecule has 3 rings (SSSR count). The van der Waals surface area contributed by atoms with E-state index in [1.807, 2.05) is 29.9 Å². The highest BCUT2D eigenvalue weighted by Gasteiger charge is 2.10. The first-order valence-corrected chi connectivity index (χ1v) is 8.44. The summed E-state index contributed by atoms with van der Waals surface area (Å²) in [5.41, 5.74) is 0.828. The summed E-state index contributed by atoms with van der Waals surface area (Å²) in [6.45, 7) is -2.93. The van der Waals surface area contributed by atoms with Crippen molar-refractivity contribution in [1.82, 2.24) is 9.55 Å². The standard InChI is InChI=1S/C18H15F2N3O2S/c1-23-10-9-21-18(23)26-15-7-5-13(6-8-15)22-16(24)12-3-2-4-14(11-12)25-17(19)20/h2-11,17H,1H3,(H,22,24). The quantitative estimate of drug-likeness (QED) is 0.693. The van der Waals surface area contributed by atoms with Gasteiger partial charge < -0.3 is 14.6 Å². The number of halogens is 2. The highest BCUT2D eigenvalue weighted by atomic mass is 32.2. The van der Waals surface area contributed by atoms with Gasteiger partial charge in [-0.25, -0.2) is 4.98 Å². The van der Waals surface area contributed by atoms with E-state index < -0.39 is 12.5 Å². The Kier molecular flexibility index (Phi) is 5.52. The van der Waals surface area contributed by atoms with E-state index in [-0.39, 0.29) is 11.3 Å². The van der Waals surface area contributed by atoms with Gasteiger partial charge in [-0.15, -0.1) is 0 Å². The number of hydrogen-bond acceptors (Lipinski definition) is 4. The maximum atomic E-state index is 12.3. The number of aryl methyl sites for hydroxylation is 1. The summed E-state index contributed by atoms with van der Waals surface area (Å²) in [5, 5.41) is 3.58. The molecule has 0 bridgehead atoms. The number of rotatable bonds is 6. The maximum Gasteiger partial charge on any atom is 0.387 e. The second-order valence-electron chi connectivity index (χ2n) is 5.31. The Hall–Kier alpha value is -2.87. The third kappa shape index (κ3) is 4.60. The van der Waals surface area contributed by atoms with Gasteiger partial charge in [-0.2, -0.15) is 8.78 Å². The van der Waals surface area contributed by atoms with Gasteiger partial charge in [0.1, 0.15) is 5.75 Å². The number of benzene rings is 2. The van der Waals surface area contributed by atoms with Crippen LogP contribution in [0.2, 0.25) is 0 Å². The Labute approximate surface area is 153 Å². The highest BCUT2D eigenvalue weighted by Crippen LogP contribution is 2.27. The molecule has 0 saturated heterocycles. The van der Waals surface area contributed by atoms with Crippen LogP contribution in [0.5, 0.6) is 5.75 Å². The van der Waals surface area contributed by atoms with Crippen molar-refractivity contribution in [2.24, 2.45) is 7.05 Å². The summed E-state index contributed by atoms with van der Waals surface area (Å²) in [6.07, 6.45) is 3.59. The number of imidazole rings is 1. The van der Waals surface area contributed by atoms with Crippen LogP contribution < -0.4 is 10.1 Å². The van der Waals surface area contributed by atoms with E-state index in [0.29, 0.717) is 5.69 Å². The van der Waals surface area contributed by atoms with Crippen molar-refractivity contribution in [2.75, 3.05) is 5.32 Å². The van der Waals surface area contributed by atoms with E-state index in [2.05, 4.69) is 15.0 Å². The van der Waals surface area contributed by atoms with Crippen molar-refractivity contribution in [2.45, 2.75) is 16.7 Å². The second-order valence-corrected chi connectivity index (χ2v) is 6.35. The average molecular weight is 375 g/mol. The lowest BCUT2D eigenvalue weighted by Crippen LogP contribution is -2.12. The minimum Gasteiger partial charge on any atom is -0.435 e. The smallest absolute Gasteiger partial charge is 0.387 e. The molecule has 2 aromatic carbocycles. The molecule has 26 heavy (non-hydrogen) atoms. The van der Waals surface area contributed by atoms with Gasteiger partial charge in [0.25, 0.3) is 5.91 Å². The van der Waals surface area contributed by atoms with Gasteiger partial charge in [-0.1, -0.05) is 17.8 Å². The molecular formula is C18H15F2N3O2S. The van der Waals surface area contributed by atoms with E-state index in [4.69, 9.17) is 0 Å². The molecule has 8 heteroatoms. The number of carbonyl (C=O) groups is 1.